The van der Waals surface area contributed by atoms with Crippen LogP contribution in [-0.4, -0.2) is 52.0 Å². The van der Waals surface area contributed by atoms with E-state index in [0.29, 0.717) is 13.1 Å². The van der Waals surface area contributed by atoms with Crippen LogP contribution in [0.2, 0.25) is 0 Å². The summed E-state index contributed by atoms with van der Waals surface area (Å²) in [5, 5.41) is 3.01. The molecule has 7 nitrogen and oxygen atoms in total. The average molecular weight is 353 g/mol. The van der Waals surface area contributed by atoms with Crippen molar-refractivity contribution in [1.82, 2.24) is 9.62 Å². The zero-order valence-corrected chi connectivity index (χ0v) is 14.4. The van der Waals surface area contributed by atoms with Crippen LogP contribution in [0.4, 0.5) is 0 Å². The summed E-state index contributed by atoms with van der Waals surface area (Å²) < 4.78 is 36.7. The molecule has 1 N–H and O–H groups in total. The molecule has 1 atom stereocenters. The van der Waals surface area contributed by atoms with E-state index in [1.807, 2.05) is 0 Å². The Morgan fingerprint density at radius 2 is 2.23 bits per heavy atom. The van der Waals surface area contributed by atoms with Gasteiger partial charge in [-0.3, -0.25) is 0 Å². The van der Waals surface area contributed by atoms with Gasteiger partial charge in [0.1, 0.15) is 10.7 Å². The molecule has 1 aromatic heterocycles. The third-order valence-corrected chi connectivity index (χ3v) is 5.67. The largest absolute Gasteiger partial charge is 0.463 e. The van der Waals surface area contributed by atoms with Crippen molar-refractivity contribution < 1.29 is 22.4 Å². The van der Waals surface area contributed by atoms with Crippen molar-refractivity contribution in [2.75, 3.05) is 27.2 Å². The van der Waals surface area contributed by atoms with E-state index < -0.39 is 16.0 Å². The summed E-state index contributed by atoms with van der Waals surface area (Å²) in [7, 11) is -0.657. The fourth-order valence-electron chi connectivity index (χ4n) is 2.61. The van der Waals surface area contributed by atoms with Gasteiger partial charge in [-0.2, -0.15) is 4.31 Å². The minimum absolute atomic E-state index is 0. The Hall–Kier alpha value is -1.09. The first-order valence-electron chi connectivity index (χ1n) is 6.77. The molecule has 0 amide bonds. The van der Waals surface area contributed by atoms with Crippen molar-refractivity contribution in [1.29, 1.82) is 0 Å². The molecule has 1 unspecified atom stereocenters. The summed E-state index contributed by atoms with van der Waals surface area (Å²) in [6.07, 6.45) is 1.65. The number of ether oxygens (including phenoxy) is 1. The number of hydrogen-bond acceptors (Lipinski definition) is 6. The van der Waals surface area contributed by atoms with Crippen LogP contribution in [0.3, 0.4) is 0 Å². The quantitative estimate of drug-likeness (QED) is 0.800. The highest BCUT2D eigenvalue weighted by Crippen LogP contribution is 2.29. The molecule has 1 saturated heterocycles. The van der Waals surface area contributed by atoms with E-state index in [-0.39, 0.29) is 34.9 Å². The number of nitrogens with zero attached hydrogens (tertiary/aromatic N) is 1. The normalized spacial score (nSPS) is 19.0. The maximum atomic E-state index is 12.8. The molecule has 2 heterocycles. The number of carbonyl (C=O) groups is 1. The van der Waals surface area contributed by atoms with Crippen molar-refractivity contribution in [3.63, 3.8) is 0 Å². The van der Waals surface area contributed by atoms with Crippen LogP contribution in [0.25, 0.3) is 0 Å². The summed E-state index contributed by atoms with van der Waals surface area (Å²) >= 11 is 0. The predicted molar refractivity (Wildman–Crippen MR) is 82.9 cm³/mol. The molecular formula is C13H21ClN2O5S. The minimum Gasteiger partial charge on any atom is -0.463 e. The van der Waals surface area contributed by atoms with Gasteiger partial charge < -0.3 is 14.5 Å². The highest BCUT2D eigenvalue weighted by Gasteiger charge is 2.37. The van der Waals surface area contributed by atoms with Crippen LogP contribution in [0, 0.1) is 6.92 Å². The molecular weight excluding hydrogens is 332 g/mol. The minimum atomic E-state index is -3.67. The highest BCUT2D eigenvalue weighted by atomic mass is 35.5. The van der Waals surface area contributed by atoms with E-state index in [0.717, 1.165) is 12.8 Å². The van der Waals surface area contributed by atoms with Gasteiger partial charge in [0.25, 0.3) is 0 Å². The van der Waals surface area contributed by atoms with Crippen LogP contribution in [0.1, 0.15) is 29.2 Å². The Balaban J connectivity index is 0.00000242. The molecule has 0 aliphatic carbocycles. The maximum Gasteiger partial charge on any atom is 0.373 e. The molecule has 9 heteroatoms. The van der Waals surface area contributed by atoms with Crippen molar-refractivity contribution in [3.05, 3.63) is 17.6 Å². The number of likely N-dealkylation sites (N-methyl/N-ethyl adjacent to an activating group) is 1. The molecule has 1 fully saturated rings. The number of nitrogens with one attached hydrogen (secondary N) is 1. The Morgan fingerprint density at radius 3 is 2.82 bits per heavy atom. The Kier molecular flexibility index (Phi) is 6.42. The summed E-state index contributed by atoms with van der Waals surface area (Å²) in [6, 6.07) is 1.17. The molecule has 22 heavy (non-hydrogen) atoms. The van der Waals surface area contributed by atoms with Gasteiger partial charge in [-0.05, 0) is 26.8 Å². The zero-order chi connectivity index (χ0) is 15.6. The Morgan fingerprint density at radius 1 is 1.55 bits per heavy atom. The van der Waals surface area contributed by atoms with Crippen LogP contribution in [0.5, 0.6) is 0 Å². The molecule has 126 valence electrons. The van der Waals surface area contributed by atoms with Gasteiger partial charge in [0.05, 0.1) is 7.11 Å². The number of methoxy groups -OCH3 is 1. The Bertz CT molecular complexity index is 628. The van der Waals surface area contributed by atoms with E-state index in [1.54, 1.807) is 7.05 Å². The van der Waals surface area contributed by atoms with Gasteiger partial charge in [0.2, 0.25) is 15.8 Å². The lowest BCUT2D eigenvalue weighted by Gasteiger charge is -2.23. The number of halogens is 1. The third kappa shape index (κ3) is 3.45. The monoisotopic (exact) mass is 352 g/mol. The lowest BCUT2D eigenvalue weighted by Crippen LogP contribution is -2.40. The van der Waals surface area contributed by atoms with Gasteiger partial charge in [-0.25, -0.2) is 13.2 Å². The lowest BCUT2D eigenvalue weighted by atomic mass is 10.2. The first-order chi connectivity index (χ1) is 9.91. The van der Waals surface area contributed by atoms with Crippen molar-refractivity contribution in [3.8, 4) is 0 Å². The zero-order valence-electron chi connectivity index (χ0n) is 12.8. The second-order valence-corrected chi connectivity index (χ2v) is 6.85. The van der Waals surface area contributed by atoms with E-state index in [9.17, 15) is 13.2 Å². The maximum absolute atomic E-state index is 12.8. The van der Waals surface area contributed by atoms with Crippen molar-refractivity contribution in [2.24, 2.45) is 0 Å². The number of aryl methyl sites for hydroxylation is 1. The molecule has 0 spiro atoms. The second-order valence-electron chi connectivity index (χ2n) is 4.99. The molecule has 2 rings (SSSR count). The van der Waals surface area contributed by atoms with Gasteiger partial charge in [0.15, 0.2) is 0 Å². The lowest BCUT2D eigenvalue weighted by molar-refractivity contribution is 0.0563. The fraction of sp³-hybridized carbons (Fsp3) is 0.615. The number of rotatable bonds is 5. The fourth-order valence-corrected chi connectivity index (χ4v) is 4.47. The first-order valence-corrected chi connectivity index (χ1v) is 8.21. The summed E-state index contributed by atoms with van der Waals surface area (Å²) in [4.78, 5) is 11.5. The van der Waals surface area contributed by atoms with Gasteiger partial charge in [-0.15, -0.1) is 12.4 Å². The Labute approximate surface area is 136 Å². The number of carbonyl (C=O) groups excluding carboxylic acids is 1. The van der Waals surface area contributed by atoms with Gasteiger partial charge in [-0.1, -0.05) is 0 Å². The third-order valence-electron chi connectivity index (χ3n) is 3.61. The number of esters is 1. The van der Waals surface area contributed by atoms with Crippen molar-refractivity contribution >= 4 is 28.4 Å². The van der Waals surface area contributed by atoms with Crippen LogP contribution < -0.4 is 5.32 Å². The van der Waals surface area contributed by atoms with E-state index in [1.165, 1.54) is 24.4 Å². The molecule has 1 aliphatic rings. The van der Waals surface area contributed by atoms with Crippen LogP contribution in [0.15, 0.2) is 15.4 Å². The first kappa shape index (κ1) is 19.0. The molecule has 0 saturated carbocycles. The highest BCUT2D eigenvalue weighted by molar-refractivity contribution is 7.89. The van der Waals surface area contributed by atoms with E-state index >= 15 is 0 Å². The van der Waals surface area contributed by atoms with Crippen molar-refractivity contribution in [2.45, 2.75) is 30.7 Å². The van der Waals surface area contributed by atoms with Crippen LogP contribution in [-0.2, 0) is 14.8 Å². The smallest absolute Gasteiger partial charge is 0.373 e. The summed E-state index contributed by atoms with van der Waals surface area (Å²) in [6.45, 7) is 2.61. The second kappa shape index (κ2) is 7.45. The predicted octanol–water partition coefficient (Wildman–Crippen LogP) is 1.17. The van der Waals surface area contributed by atoms with Crippen LogP contribution >= 0.6 is 12.4 Å². The standard InChI is InChI=1S/C13H20N2O5S.ClH/c1-9-12(7-11(20-9)13(16)19-3)21(17,18)15-6-4-5-10(15)8-14-2;/h7,10,14H,4-6,8H2,1-3H3;1H. The molecule has 1 aliphatic heterocycles. The molecule has 1 aromatic rings. The van der Waals surface area contributed by atoms with Gasteiger partial charge in [0, 0.05) is 25.2 Å². The summed E-state index contributed by atoms with van der Waals surface area (Å²) in [5.74, 6) is -0.587. The molecule has 0 radical (unpaired) electrons. The molecule has 0 bridgehead atoms. The summed E-state index contributed by atoms with van der Waals surface area (Å²) in [5.41, 5.74) is 0. The average Bonchev–Trinajstić information content (AvgIpc) is 3.05. The number of sulfonamides is 1. The number of furan rings is 1. The van der Waals surface area contributed by atoms with E-state index in [4.69, 9.17) is 4.42 Å². The topological polar surface area (TPSA) is 88.9 Å². The SMILES string of the molecule is CNCC1CCCN1S(=O)(=O)c1cc(C(=O)OC)oc1C.Cl. The van der Waals surface area contributed by atoms with Gasteiger partial charge >= 0.3 is 5.97 Å². The molecule has 0 aromatic carbocycles. The number of hydrogen-bond donors (Lipinski definition) is 1. The van der Waals surface area contributed by atoms with E-state index in [2.05, 4.69) is 10.1 Å².